The van der Waals surface area contributed by atoms with Crippen molar-refractivity contribution in [3.8, 4) is 0 Å². The zero-order valence-electron chi connectivity index (χ0n) is 5.85. The zero-order chi connectivity index (χ0) is 7.11. The Kier molecular flexibility index (Phi) is 5.15. The normalized spacial score (nSPS) is 11.7. The fourth-order valence-corrected chi connectivity index (χ4v) is 0.461. The van der Waals surface area contributed by atoms with E-state index in [1.54, 1.807) is 7.11 Å². The molecule has 0 heterocycles. The van der Waals surface area contributed by atoms with Crippen molar-refractivity contribution in [3.05, 3.63) is 0 Å². The third kappa shape index (κ3) is 3.93. The molecule has 0 saturated heterocycles. The summed E-state index contributed by atoms with van der Waals surface area (Å²) in [5, 5.41) is 0. The van der Waals surface area contributed by atoms with E-state index >= 15 is 0 Å². The zero-order valence-corrected chi connectivity index (χ0v) is 5.85. The molecule has 0 bridgehead atoms. The van der Waals surface area contributed by atoms with Crippen LogP contribution >= 0.6 is 0 Å². The van der Waals surface area contributed by atoms with Crippen molar-refractivity contribution in [2.75, 3.05) is 20.3 Å². The Hall–Kier alpha value is -0.610. The van der Waals surface area contributed by atoms with E-state index in [0.717, 1.165) is 6.54 Å². The summed E-state index contributed by atoms with van der Waals surface area (Å²) >= 11 is 0. The van der Waals surface area contributed by atoms with Gasteiger partial charge >= 0.3 is 0 Å². The van der Waals surface area contributed by atoms with Crippen LogP contribution in [0.5, 0.6) is 0 Å². The lowest BCUT2D eigenvalue weighted by Gasteiger charge is -2.01. The first-order valence-electron chi connectivity index (χ1n) is 2.84. The van der Waals surface area contributed by atoms with Gasteiger partial charge in [-0.1, -0.05) is 0 Å². The smallest absolute Gasteiger partial charge is 0.137 e. The number of ether oxygens (including phenoxy) is 1. The molecule has 0 fully saturated rings. The van der Waals surface area contributed by atoms with Gasteiger partial charge in [0.05, 0.1) is 0 Å². The van der Waals surface area contributed by atoms with Crippen LogP contribution in [0.15, 0.2) is 4.99 Å². The highest BCUT2D eigenvalue weighted by molar-refractivity contribution is 5.82. The average Bonchev–Trinajstić information content (AvgIpc) is 1.88. The molecule has 0 aromatic carbocycles. The average molecular weight is 131 g/mol. The number of hydrogen-bond acceptors (Lipinski definition) is 3. The maximum Gasteiger partial charge on any atom is 0.137 e. The minimum atomic E-state index is 0.449. The number of amidine groups is 1. The standard InChI is InChI=1S/C5H13N3O/c1-3-7-5(8-6)4-9-2/h3-4,6H2,1-2H3,(H,7,8). The second-order valence-corrected chi connectivity index (χ2v) is 1.50. The van der Waals surface area contributed by atoms with Gasteiger partial charge < -0.3 is 10.2 Å². The Morgan fingerprint density at radius 2 is 2.44 bits per heavy atom. The van der Waals surface area contributed by atoms with Crippen LogP contribution < -0.4 is 11.3 Å². The third-order valence-electron chi connectivity index (χ3n) is 0.797. The number of hydrogen-bond donors (Lipinski definition) is 2. The second kappa shape index (κ2) is 5.53. The highest BCUT2D eigenvalue weighted by Crippen LogP contribution is 1.73. The van der Waals surface area contributed by atoms with Gasteiger partial charge in [0.2, 0.25) is 0 Å². The molecule has 0 aliphatic rings. The lowest BCUT2D eigenvalue weighted by atomic mass is 10.6. The number of nitrogens with one attached hydrogen (secondary N) is 1. The van der Waals surface area contributed by atoms with Crippen LogP contribution in [0.1, 0.15) is 6.92 Å². The summed E-state index contributed by atoms with van der Waals surface area (Å²) in [4.78, 5) is 3.99. The van der Waals surface area contributed by atoms with Crippen molar-refractivity contribution in [2.24, 2.45) is 10.8 Å². The van der Waals surface area contributed by atoms with Crippen molar-refractivity contribution in [2.45, 2.75) is 6.92 Å². The van der Waals surface area contributed by atoms with E-state index in [2.05, 4.69) is 10.4 Å². The molecule has 0 amide bonds. The lowest BCUT2D eigenvalue weighted by molar-refractivity contribution is 0.242. The quantitative estimate of drug-likeness (QED) is 0.235. The lowest BCUT2D eigenvalue weighted by Crippen LogP contribution is -2.33. The number of aliphatic imine (C=N–C) groups is 1. The van der Waals surface area contributed by atoms with E-state index in [0.29, 0.717) is 12.4 Å². The van der Waals surface area contributed by atoms with Gasteiger partial charge in [0, 0.05) is 13.7 Å². The topological polar surface area (TPSA) is 59.6 Å². The number of nitrogens with zero attached hydrogens (tertiary/aromatic N) is 1. The van der Waals surface area contributed by atoms with E-state index in [1.807, 2.05) is 6.92 Å². The van der Waals surface area contributed by atoms with Crippen molar-refractivity contribution < 1.29 is 4.74 Å². The van der Waals surface area contributed by atoms with E-state index in [9.17, 15) is 0 Å². The summed E-state index contributed by atoms with van der Waals surface area (Å²) in [6.07, 6.45) is 0. The van der Waals surface area contributed by atoms with E-state index in [-0.39, 0.29) is 0 Å². The molecule has 0 unspecified atom stereocenters. The predicted molar refractivity (Wildman–Crippen MR) is 37.2 cm³/mol. The molecule has 9 heavy (non-hydrogen) atoms. The van der Waals surface area contributed by atoms with Crippen LogP contribution in [0, 0.1) is 0 Å². The van der Waals surface area contributed by atoms with E-state index in [1.165, 1.54) is 0 Å². The van der Waals surface area contributed by atoms with Gasteiger partial charge in [-0.25, -0.2) is 5.84 Å². The van der Waals surface area contributed by atoms with E-state index < -0.39 is 0 Å². The maximum absolute atomic E-state index is 5.08. The molecule has 4 heteroatoms. The fourth-order valence-electron chi connectivity index (χ4n) is 0.461. The molecular weight excluding hydrogens is 118 g/mol. The number of nitrogens with two attached hydrogens (primary N) is 1. The van der Waals surface area contributed by atoms with Gasteiger partial charge in [-0.3, -0.25) is 4.99 Å². The highest BCUT2D eigenvalue weighted by atomic mass is 16.5. The van der Waals surface area contributed by atoms with Gasteiger partial charge in [0.1, 0.15) is 12.4 Å². The summed E-state index contributed by atoms with van der Waals surface area (Å²) in [6, 6.07) is 0. The first kappa shape index (κ1) is 8.39. The molecule has 3 N–H and O–H groups in total. The molecule has 0 radical (unpaired) electrons. The van der Waals surface area contributed by atoms with Crippen LogP contribution in [0.2, 0.25) is 0 Å². The molecule has 4 nitrogen and oxygen atoms in total. The van der Waals surface area contributed by atoms with Crippen LogP contribution in [-0.4, -0.2) is 26.1 Å². The number of hydrazine groups is 1. The summed E-state index contributed by atoms with van der Waals surface area (Å²) in [6.45, 7) is 3.11. The Balaban J connectivity index is 3.53. The minimum absolute atomic E-state index is 0.449. The summed E-state index contributed by atoms with van der Waals surface area (Å²) in [5.74, 6) is 5.76. The van der Waals surface area contributed by atoms with E-state index in [4.69, 9.17) is 10.6 Å². The summed E-state index contributed by atoms with van der Waals surface area (Å²) < 4.78 is 4.77. The van der Waals surface area contributed by atoms with Gasteiger partial charge in [-0.05, 0) is 6.92 Å². The van der Waals surface area contributed by atoms with Crippen LogP contribution in [0.25, 0.3) is 0 Å². The molecule has 0 aromatic rings. The van der Waals surface area contributed by atoms with Crippen molar-refractivity contribution in [1.29, 1.82) is 0 Å². The van der Waals surface area contributed by atoms with Gasteiger partial charge in [0.15, 0.2) is 0 Å². The van der Waals surface area contributed by atoms with Crippen LogP contribution in [-0.2, 0) is 4.74 Å². The first-order chi connectivity index (χ1) is 4.35. The fraction of sp³-hybridized carbons (Fsp3) is 0.800. The largest absolute Gasteiger partial charge is 0.377 e. The second-order valence-electron chi connectivity index (χ2n) is 1.50. The van der Waals surface area contributed by atoms with Crippen molar-refractivity contribution in [3.63, 3.8) is 0 Å². The predicted octanol–water partition coefficient (Wildman–Crippen LogP) is -0.485. The Morgan fingerprint density at radius 3 is 2.78 bits per heavy atom. The molecule has 0 aliphatic heterocycles. The monoisotopic (exact) mass is 131 g/mol. The molecule has 0 aromatic heterocycles. The molecule has 54 valence electrons. The Morgan fingerprint density at radius 1 is 1.78 bits per heavy atom. The SMILES string of the molecule is CCN=C(COC)NN. The minimum Gasteiger partial charge on any atom is -0.377 e. The number of methoxy groups -OCH3 is 1. The molecule has 0 rings (SSSR count). The van der Waals surface area contributed by atoms with Crippen LogP contribution in [0.3, 0.4) is 0 Å². The Bertz CT molecular complexity index is 92.2. The summed E-state index contributed by atoms with van der Waals surface area (Å²) in [7, 11) is 1.60. The van der Waals surface area contributed by atoms with Gasteiger partial charge in [-0.15, -0.1) is 0 Å². The van der Waals surface area contributed by atoms with Crippen molar-refractivity contribution in [1.82, 2.24) is 5.43 Å². The summed E-state index contributed by atoms with van der Waals surface area (Å²) in [5.41, 5.74) is 2.43. The van der Waals surface area contributed by atoms with Crippen molar-refractivity contribution >= 4 is 5.84 Å². The third-order valence-corrected chi connectivity index (χ3v) is 0.797. The maximum atomic E-state index is 5.08. The molecular formula is C5H13N3O. The Labute approximate surface area is 55.1 Å². The molecule has 0 aliphatic carbocycles. The van der Waals surface area contributed by atoms with Crippen LogP contribution in [0.4, 0.5) is 0 Å². The van der Waals surface area contributed by atoms with Gasteiger partial charge in [0.25, 0.3) is 0 Å². The molecule has 0 spiro atoms. The van der Waals surface area contributed by atoms with Gasteiger partial charge in [-0.2, -0.15) is 0 Å². The molecule has 0 atom stereocenters. The first-order valence-corrected chi connectivity index (χ1v) is 2.84. The highest BCUT2D eigenvalue weighted by Gasteiger charge is 1.90. The number of rotatable bonds is 3. The molecule has 0 saturated carbocycles.